The van der Waals surface area contributed by atoms with Crippen LogP contribution < -0.4 is 10.6 Å². The Morgan fingerprint density at radius 2 is 2.33 bits per heavy atom. The first kappa shape index (κ1) is 9.83. The highest BCUT2D eigenvalue weighted by atomic mass is 16.5. The topological polar surface area (TPSA) is 50.4 Å². The molecule has 1 unspecified atom stereocenters. The first-order chi connectivity index (χ1) is 7.22. The Morgan fingerprint density at radius 1 is 1.53 bits per heavy atom. The lowest BCUT2D eigenvalue weighted by Crippen LogP contribution is -2.31. The van der Waals surface area contributed by atoms with E-state index in [1.165, 1.54) is 7.11 Å². The first-order valence-electron chi connectivity index (χ1n) is 4.94. The molecule has 0 saturated heterocycles. The summed E-state index contributed by atoms with van der Waals surface area (Å²) >= 11 is 0. The molecule has 0 fully saturated rings. The third-order valence-electron chi connectivity index (χ3n) is 2.46. The van der Waals surface area contributed by atoms with E-state index < -0.39 is 0 Å². The van der Waals surface area contributed by atoms with Crippen molar-refractivity contribution in [2.45, 2.75) is 13.0 Å². The van der Waals surface area contributed by atoms with Crippen LogP contribution in [0.3, 0.4) is 0 Å². The van der Waals surface area contributed by atoms with Crippen LogP contribution in [0.1, 0.15) is 17.3 Å². The number of para-hydroxylation sites is 1. The van der Waals surface area contributed by atoms with E-state index in [0.717, 1.165) is 17.9 Å². The number of carbonyl (C=O) groups is 1. The van der Waals surface area contributed by atoms with E-state index >= 15 is 0 Å². The molecule has 1 atom stereocenters. The summed E-state index contributed by atoms with van der Waals surface area (Å²) in [6.45, 7) is 2.92. The van der Waals surface area contributed by atoms with Crippen molar-refractivity contribution in [2.24, 2.45) is 0 Å². The molecule has 2 N–H and O–H groups in total. The zero-order chi connectivity index (χ0) is 10.8. The molecule has 1 heterocycles. The lowest BCUT2D eigenvalue weighted by atomic mass is 10.1. The van der Waals surface area contributed by atoms with Gasteiger partial charge in [-0.15, -0.1) is 0 Å². The molecule has 0 aliphatic carbocycles. The number of hydrogen-bond acceptors (Lipinski definition) is 4. The Kier molecular flexibility index (Phi) is 2.49. The minimum absolute atomic E-state index is 0.309. The molecule has 15 heavy (non-hydrogen) atoms. The second-order valence-corrected chi connectivity index (χ2v) is 3.65. The number of carbonyl (C=O) groups excluding carboxylic acids is 1. The Balaban J connectivity index is 2.44. The van der Waals surface area contributed by atoms with Crippen LogP contribution >= 0.6 is 0 Å². The van der Waals surface area contributed by atoms with Crippen molar-refractivity contribution < 1.29 is 9.53 Å². The molecule has 0 spiro atoms. The van der Waals surface area contributed by atoms with Gasteiger partial charge in [-0.25, -0.2) is 4.79 Å². The van der Waals surface area contributed by atoms with Gasteiger partial charge in [-0.2, -0.15) is 0 Å². The van der Waals surface area contributed by atoms with Crippen molar-refractivity contribution in [1.29, 1.82) is 0 Å². The Morgan fingerprint density at radius 3 is 3.07 bits per heavy atom. The van der Waals surface area contributed by atoms with E-state index in [4.69, 9.17) is 4.74 Å². The molecule has 4 nitrogen and oxygen atoms in total. The Labute approximate surface area is 88.6 Å². The summed E-state index contributed by atoms with van der Waals surface area (Å²) < 4.78 is 4.73. The van der Waals surface area contributed by atoms with Gasteiger partial charge in [-0.3, -0.25) is 0 Å². The summed E-state index contributed by atoms with van der Waals surface area (Å²) in [5, 5.41) is 6.54. The quantitative estimate of drug-likeness (QED) is 0.687. The Bertz CT molecular complexity index is 390. The number of ether oxygens (including phenoxy) is 1. The monoisotopic (exact) mass is 206 g/mol. The minimum Gasteiger partial charge on any atom is -0.465 e. The lowest BCUT2D eigenvalue weighted by molar-refractivity contribution is 0.0602. The van der Waals surface area contributed by atoms with Crippen molar-refractivity contribution in [3.05, 3.63) is 23.8 Å². The fraction of sp³-hybridized carbons (Fsp3) is 0.364. The van der Waals surface area contributed by atoms with Crippen molar-refractivity contribution in [3.63, 3.8) is 0 Å². The first-order valence-corrected chi connectivity index (χ1v) is 4.94. The van der Waals surface area contributed by atoms with Crippen molar-refractivity contribution >= 4 is 17.3 Å². The van der Waals surface area contributed by atoms with E-state index in [1.54, 1.807) is 6.07 Å². The second kappa shape index (κ2) is 3.81. The van der Waals surface area contributed by atoms with Gasteiger partial charge in [0, 0.05) is 12.6 Å². The zero-order valence-electron chi connectivity index (χ0n) is 8.83. The molecule has 1 aromatic carbocycles. The standard InChI is InChI=1S/C11H14N2O2/c1-7-6-12-9-5-3-4-8(10(9)13-7)11(14)15-2/h3-5,7,12-13H,6H2,1-2H3. The van der Waals surface area contributed by atoms with Gasteiger partial charge in [0.15, 0.2) is 0 Å². The summed E-state index contributed by atoms with van der Waals surface area (Å²) in [6.07, 6.45) is 0. The van der Waals surface area contributed by atoms with Crippen LogP contribution in [0.5, 0.6) is 0 Å². The molecule has 1 aliphatic rings. The highest BCUT2D eigenvalue weighted by Gasteiger charge is 2.20. The summed E-state index contributed by atoms with van der Waals surface area (Å²) in [4.78, 5) is 11.5. The molecule has 80 valence electrons. The highest BCUT2D eigenvalue weighted by Crippen LogP contribution is 2.30. The summed E-state index contributed by atoms with van der Waals surface area (Å²) in [5.41, 5.74) is 2.37. The molecule has 1 aliphatic heterocycles. The van der Waals surface area contributed by atoms with E-state index in [1.807, 2.05) is 12.1 Å². The number of fused-ring (bicyclic) bond motifs is 1. The maximum absolute atomic E-state index is 11.5. The van der Waals surface area contributed by atoms with Gasteiger partial charge in [-0.1, -0.05) is 6.07 Å². The van der Waals surface area contributed by atoms with Crippen LogP contribution in [0.15, 0.2) is 18.2 Å². The lowest BCUT2D eigenvalue weighted by Gasteiger charge is -2.27. The molecule has 0 aromatic heterocycles. The number of hydrogen-bond donors (Lipinski definition) is 2. The predicted octanol–water partition coefficient (Wildman–Crippen LogP) is 1.70. The fourth-order valence-electron chi connectivity index (χ4n) is 1.70. The maximum atomic E-state index is 11.5. The van der Waals surface area contributed by atoms with Gasteiger partial charge < -0.3 is 15.4 Å². The van der Waals surface area contributed by atoms with Crippen LogP contribution in [-0.2, 0) is 4.74 Å². The summed E-state index contributed by atoms with van der Waals surface area (Å²) in [6, 6.07) is 5.86. The van der Waals surface area contributed by atoms with Crippen molar-refractivity contribution in [2.75, 3.05) is 24.3 Å². The molecule has 1 aromatic rings. The van der Waals surface area contributed by atoms with Gasteiger partial charge in [0.25, 0.3) is 0 Å². The number of benzene rings is 1. The van der Waals surface area contributed by atoms with Crippen LogP contribution in [0.25, 0.3) is 0 Å². The average molecular weight is 206 g/mol. The summed E-state index contributed by atoms with van der Waals surface area (Å²) in [5.74, 6) is -0.310. The molecular formula is C11H14N2O2. The molecule has 4 heteroatoms. The second-order valence-electron chi connectivity index (χ2n) is 3.65. The third-order valence-corrected chi connectivity index (χ3v) is 2.46. The molecule has 0 bridgehead atoms. The third kappa shape index (κ3) is 1.75. The van der Waals surface area contributed by atoms with Crippen molar-refractivity contribution in [1.82, 2.24) is 0 Å². The van der Waals surface area contributed by atoms with Gasteiger partial charge >= 0.3 is 5.97 Å². The normalized spacial score (nSPS) is 18.4. The smallest absolute Gasteiger partial charge is 0.340 e. The van der Waals surface area contributed by atoms with Crippen LogP contribution in [0.2, 0.25) is 0 Å². The predicted molar refractivity (Wildman–Crippen MR) is 59.4 cm³/mol. The largest absolute Gasteiger partial charge is 0.465 e. The molecule has 0 radical (unpaired) electrons. The zero-order valence-corrected chi connectivity index (χ0v) is 8.83. The van der Waals surface area contributed by atoms with E-state index in [2.05, 4.69) is 17.6 Å². The number of esters is 1. The fourth-order valence-corrected chi connectivity index (χ4v) is 1.70. The molecule has 0 amide bonds. The van der Waals surface area contributed by atoms with E-state index in [9.17, 15) is 4.79 Å². The molecule has 0 saturated carbocycles. The number of anilines is 2. The van der Waals surface area contributed by atoms with Crippen molar-refractivity contribution in [3.8, 4) is 0 Å². The van der Waals surface area contributed by atoms with Crippen LogP contribution in [0.4, 0.5) is 11.4 Å². The SMILES string of the molecule is COC(=O)c1cccc2c1NC(C)CN2. The van der Waals surface area contributed by atoms with Crippen LogP contribution in [-0.4, -0.2) is 25.7 Å². The minimum atomic E-state index is -0.310. The number of nitrogens with one attached hydrogen (secondary N) is 2. The van der Waals surface area contributed by atoms with Gasteiger partial charge in [0.05, 0.1) is 24.0 Å². The van der Waals surface area contributed by atoms with Gasteiger partial charge in [0.1, 0.15) is 0 Å². The number of methoxy groups -OCH3 is 1. The van der Waals surface area contributed by atoms with Gasteiger partial charge in [-0.05, 0) is 19.1 Å². The number of rotatable bonds is 1. The van der Waals surface area contributed by atoms with E-state index in [0.29, 0.717) is 11.6 Å². The van der Waals surface area contributed by atoms with Gasteiger partial charge in [0.2, 0.25) is 0 Å². The Hall–Kier alpha value is -1.71. The molecular weight excluding hydrogens is 192 g/mol. The summed E-state index contributed by atoms with van der Waals surface area (Å²) in [7, 11) is 1.39. The maximum Gasteiger partial charge on any atom is 0.340 e. The average Bonchev–Trinajstić information content (AvgIpc) is 2.27. The highest BCUT2D eigenvalue weighted by molar-refractivity contribution is 5.99. The van der Waals surface area contributed by atoms with Crippen LogP contribution in [0, 0.1) is 0 Å². The van der Waals surface area contributed by atoms with E-state index in [-0.39, 0.29) is 5.97 Å². The molecule has 2 rings (SSSR count).